The Bertz CT molecular complexity index is 1680. The molecule has 0 aliphatic heterocycles. The Balaban J connectivity index is 1.43. The van der Waals surface area contributed by atoms with Gasteiger partial charge >= 0.3 is 0 Å². The van der Waals surface area contributed by atoms with Gasteiger partial charge < -0.3 is 9.16 Å². The van der Waals surface area contributed by atoms with E-state index in [1.807, 2.05) is 30.0 Å². The highest BCUT2D eigenvalue weighted by atomic mass is 32.2. The molecule has 3 nitrogen and oxygen atoms in total. The van der Waals surface area contributed by atoms with E-state index >= 15 is 0 Å². The van der Waals surface area contributed by atoms with Crippen molar-refractivity contribution in [1.82, 2.24) is 4.98 Å². The number of hydrogen-bond donors (Lipinski definition) is 0. The third-order valence-corrected chi connectivity index (χ3v) is 15.5. The van der Waals surface area contributed by atoms with Gasteiger partial charge in [-0.05, 0) is 38.2 Å². The van der Waals surface area contributed by atoms with Crippen molar-refractivity contribution in [3.63, 3.8) is 0 Å². The lowest BCUT2D eigenvalue weighted by Gasteiger charge is -2.44. The highest BCUT2D eigenvalue weighted by Gasteiger charge is 2.50. The zero-order chi connectivity index (χ0) is 33.3. The summed E-state index contributed by atoms with van der Waals surface area (Å²) in [7, 11) is -2.81. The van der Waals surface area contributed by atoms with Gasteiger partial charge in [0, 0.05) is 18.0 Å². The van der Waals surface area contributed by atoms with Crippen LogP contribution in [0.1, 0.15) is 37.5 Å². The Morgan fingerprint density at radius 1 is 0.562 bits per heavy atom. The van der Waals surface area contributed by atoms with Crippen LogP contribution in [-0.2, 0) is 9.17 Å². The molecule has 1 unspecified atom stereocenters. The smallest absolute Gasteiger partial charge is 0.261 e. The van der Waals surface area contributed by atoms with Gasteiger partial charge in [0.25, 0.3) is 8.32 Å². The van der Waals surface area contributed by atoms with Crippen LogP contribution in [0.3, 0.4) is 0 Å². The fourth-order valence-electron chi connectivity index (χ4n) is 6.67. The van der Waals surface area contributed by atoms with Gasteiger partial charge in [0.2, 0.25) is 5.88 Å². The lowest BCUT2D eigenvalue weighted by Crippen LogP contribution is -2.67. The van der Waals surface area contributed by atoms with Gasteiger partial charge in [0.05, 0.1) is 11.4 Å². The van der Waals surface area contributed by atoms with Crippen LogP contribution in [0, 0.1) is 0 Å². The topological polar surface area (TPSA) is 31.4 Å². The predicted molar refractivity (Wildman–Crippen MR) is 204 cm³/mol. The van der Waals surface area contributed by atoms with Gasteiger partial charge in [-0.1, -0.05) is 178 Å². The third kappa shape index (κ3) is 7.04. The van der Waals surface area contributed by atoms with Gasteiger partial charge in [-0.25, -0.2) is 4.98 Å². The number of pyridine rings is 1. The van der Waals surface area contributed by atoms with E-state index in [4.69, 9.17) is 9.16 Å². The molecule has 6 rings (SSSR count). The standard InChI is InChI=1S/C43H43NO2SSi/c1-42(2,3)48(39-27-15-7-16-28-39,40-29-17-8-18-30-40)45-33-38(46-41-31-19-20-32-44-41)34-47-43(35-21-9-4-10-22-35,36-23-11-5-12-24-36)37-25-13-6-14-26-37/h4-32,38H,33-34H2,1-3H3. The predicted octanol–water partition coefficient (Wildman–Crippen LogP) is 9.13. The van der Waals surface area contributed by atoms with Crippen molar-refractivity contribution in [2.75, 3.05) is 12.4 Å². The highest BCUT2D eigenvalue weighted by Crippen LogP contribution is 2.49. The SMILES string of the molecule is CC(C)(C)[Si](OCC(CSC(c1ccccc1)(c1ccccc1)c1ccccc1)Oc1ccccn1)(c1ccccc1)c1ccccc1. The van der Waals surface area contributed by atoms with E-state index < -0.39 is 13.1 Å². The van der Waals surface area contributed by atoms with Crippen molar-refractivity contribution in [2.24, 2.45) is 0 Å². The number of hydrogen-bond acceptors (Lipinski definition) is 4. The average Bonchev–Trinajstić information content (AvgIpc) is 3.14. The minimum Gasteiger partial charge on any atom is -0.471 e. The van der Waals surface area contributed by atoms with Crippen molar-refractivity contribution in [3.05, 3.63) is 193 Å². The number of nitrogens with zero attached hydrogens (tertiary/aromatic N) is 1. The van der Waals surface area contributed by atoms with Crippen molar-refractivity contribution in [3.8, 4) is 5.88 Å². The Hall–Kier alpha value is -4.42. The molecule has 0 bridgehead atoms. The maximum Gasteiger partial charge on any atom is 0.261 e. The van der Waals surface area contributed by atoms with Crippen LogP contribution in [0.2, 0.25) is 5.04 Å². The first-order valence-electron chi connectivity index (χ1n) is 16.6. The van der Waals surface area contributed by atoms with Crippen molar-refractivity contribution in [1.29, 1.82) is 0 Å². The monoisotopic (exact) mass is 665 g/mol. The summed E-state index contributed by atoms with van der Waals surface area (Å²) in [6.07, 6.45) is 1.49. The Labute approximate surface area is 291 Å². The molecular formula is C43H43NO2SSi. The first kappa shape index (κ1) is 33.5. The van der Waals surface area contributed by atoms with E-state index in [0.717, 1.165) is 0 Å². The molecule has 0 amide bonds. The first-order chi connectivity index (χ1) is 23.4. The van der Waals surface area contributed by atoms with Crippen molar-refractivity contribution >= 4 is 30.5 Å². The summed E-state index contributed by atoms with van der Waals surface area (Å²) in [6, 6.07) is 59.9. The normalized spacial score (nSPS) is 12.7. The van der Waals surface area contributed by atoms with E-state index in [1.165, 1.54) is 27.1 Å². The molecule has 0 N–H and O–H groups in total. The lowest BCUT2D eigenvalue weighted by molar-refractivity contribution is 0.135. The fourth-order valence-corrected chi connectivity index (χ4v) is 12.8. The molecule has 0 saturated heterocycles. The summed E-state index contributed by atoms with van der Waals surface area (Å²) in [5.41, 5.74) is 3.66. The van der Waals surface area contributed by atoms with Crippen LogP contribution in [0.5, 0.6) is 5.88 Å². The summed E-state index contributed by atoms with van der Waals surface area (Å²) in [5, 5.41) is 2.35. The second kappa shape index (κ2) is 15.2. The summed E-state index contributed by atoms with van der Waals surface area (Å²) >= 11 is 1.89. The molecule has 1 atom stereocenters. The van der Waals surface area contributed by atoms with E-state index in [9.17, 15) is 0 Å². The third-order valence-electron chi connectivity index (χ3n) is 8.85. The summed E-state index contributed by atoms with van der Waals surface area (Å²) in [5.74, 6) is 1.26. The van der Waals surface area contributed by atoms with Crippen LogP contribution >= 0.6 is 11.8 Å². The largest absolute Gasteiger partial charge is 0.471 e. The van der Waals surface area contributed by atoms with Crippen LogP contribution in [-0.4, -0.2) is 31.8 Å². The molecule has 0 radical (unpaired) electrons. The van der Waals surface area contributed by atoms with Crippen LogP contribution in [0.4, 0.5) is 0 Å². The van der Waals surface area contributed by atoms with E-state index in [-0.39, 0.29) is 11.1 Å². The molecule has 242 valence electrons. The molecule has 0 spiro atoms. The van der Waals surface area contributed by atoms with Crippen molar-refractivity contribution in [2.45, 2.75) is 36.7 Å². The number of ether oxygens (including phenoxy) is 1. The molecule has 0 aliphatic carbocycles. The van der Waals surface area contributed by atoms with E-state index in [2.05, 4.69) is 177 Å². The minimum atomic E-state index is -2.81. The molecule has 1 heterocycles. The number of aromatic nitrogens is 1. The molecule has 0 aliphatic rings. The fraction of sp³-hybridized carbons (Fsp3) is 0.186. The maximum absolute atomic E-state index is 7.46. The molecule has 0 fully saturated rings. The quantitative estimate of drug-likeness (QED) is 0.0910. The van der Waals surface area contributed by atoms with Crippen LogP contribution in [0.15, 0.2) is 176 Å². The molecule has 6 aromatic rings. The van der Waals surface area contributed by atoms with Crippen LogP contribution in [0.25, 0.3) is 0 Å². The second-order valence-electron chi connectivity index (χ2n) is 13.0. The number of rotatable bonds is 13. The average molecular weight is 666 g/mol. The van der Waals surface area contributed by atoms with Gasteiger partial charge in [0.1, 0.15) is 6.10 Å². The number of thioether (sulfide) groups is 1. The van der Waals surface area contributed by atoms with Crippen LogP contribution < -0.4 is 15.1 Å². The summed E-state index contributed by atoms with van der Waals surface area (Å²) in [6.45, 7) is 7.35. The molecular weight excluding hydrogens is 623 g/mol. The molecule has 5 heteroatoms. The van der Waals surface area contributed by atoms with Gasteiger partial charge in [-0.2, -0.15) is 0 Å². The zero-order valence-electron chi connectivity index (χ0n) is 27.9. The van der Waals surface area contributed by atoms with E-state index in [1.54, 1.807) is 6.20 Å². The van der Waals surface area contributed by atoms with Gasteiger partial charge in [-0.3, -0.25) is 0 Å². The first-order valence-corrected chi connectivity index (χ1v) is 19.5. The highest BCUT2D eigenvalue weighted by molar-refractivity contribution is 8.00. The van der Waals surface area contributed by atoms with Gasteiger partial charge in [0.15, 0.2) is 0 Å². The molecule has 1 aromatic heterocycles. The Morgan fingerprint density at radius 3 is 1.38 bits per heavy atom. The molecule has 48 heavy (non-hydrogen) atoms. The Kier molecular flexibility index (Phi) is 10.6. The molecule has 5 aromatic carbocycles. The Morgan fingerprint density at radius 2 is 0.979 bits per heavy atom. The summed E-state index contributed by atoms with van der Waals surface area (Å²) < 4.78 is 13.7. The van der Waals surface area contributed by atoms with E-state index in [0.29, 0.717) is 18.2 Å². The lowest BCUT2D eigenvalue weighted by atomic mass is 9.84. The summed E-state index contributed by atoms with van der Waals surface area (Å²) in [4.78, 5) is 4.57. The maximum atomic E-state index is 7.46. The van der Waals surface area contributed by atoms with Crippen molar-refractivity contribution < 1.29 is 9.16 Å². The minimum absolute atomic E-state index is 0.153. The second-order valence-corrected chi connectivity index (χ2v) is 18.5. The number of benzene rings is 5. The zero-order valence-corrected chi connectivity index (χ0v) is 29.7. The van der Waals surface area contributed by atoms with Gasteiger partial charge in [-0.15, -0.1) is 11.8 Å². The molecule has 0 saturated carbocycles.